The lowest BCUT2D eigenvalue weighted by Crippen LogP contribution is -2.23. The molecule has 0 fully saturated rings. The standard InChI is InChI=1S/C21H18O6/c1-10-9-13-16(19(23)12(10)6-5-11(2)22)21(25)18-15(27-4)8-7-14(26-3)17(18)20(13)24/h5-9,23H,1-4H3/b6-5+. The molecule has 138 valence electrons. The Balaban J connectivity index is 2.34. The van der Waals surface area contributed by atoms with E-state index in [0.717, 1.165) is 0 Å². The molecule has 6 heteroatoms. The van der Waals surface area contributed by atoms with Crippen molar-refractivity contribution in [2.75, 3.05) is 14.2 Å². The minimum Gasteiger partial charge on any atom is -0.507 e. The molecular formula is C21H18O6. The van der Waals surface area contributed by atoms with Gasteiger partial charge in [0, 0.05) is 11.1 Å². The van der Waals surface area contributed by atoms with Crippen LogP contribution in [0.1, 0.15) is 49.9 Å². The number of methoxy groups -OCH3 is 2. The summed E-state index contributed by atoms with van der Waals surface area (Å²) < 4.78 is 10.5. The van der Waals surface area contributed by atoms with Gasteiger partial charge in [0.1, 0.15) is 17.2 Å². The average Bonchev–Trinajstić information content (AvgIpc) is 2.63. The van der Waals surface area contributed by atoms with Gasteiger partial charge in [0.05, 0.1) is 30.9 Å². The fourth-order valence-corrected chi connectivity index (χ4v) is 3.25. The SMILES string of the molecule is COc1ccc(OC)c2c1C(=O)c1cc(C)c(/C=C/C(C)=O)c(O)c1C2=O. The van der Waals surface area contributed by atoms with Crippen molar-refractivity contribution in [1.29, 1.82) is 0 Å². The van der Waals surface area contributed by atoms with Crippen LogP contribution >= 0.6 is 0 Å². The fraction of sp³-hybridized carbons (Fsp3) is 0.190. The Hall–Kier alpha value is -3.41. The monoisotopic (exact) mass is 366 g/mol. The van der Waals surface area contributed by atoms with Crippen LogP contribution in [0.25, 0.3) is 6.08 Å². The van der Waals surface area contributed by atoms with Gasteiger partial charge in [0.25, 0.3) is 0 Å². The summed E-state index contributed by atoms with van der Waals surface area (Å²) in [6, 6.07) is 4.64. The van der Waals surface area contributed by atoms with E-state index in [9.17, 15) is 19.5 Å². The number of ether oxygens (including phenoxy) is 2. The first-order valence-electron chi connectivity index (χ1n) is 8.21. The number of carbonyl (C=O) groups excluding carboxylic acids is 3. The lowest BCUT2D eigenvalue weighted by Gasteiger charge is -2.23. The highest BCUT2D eigenvalue weighted by molar-refractivity contribution is 6.31. The zero-order valence-electron chi connectivity index (χ0n) is 15.4. The first-order valence-corrected chi connectivity index (χ1v) is 8.21. The van der Waals surface area contributed by atoms with E-state index in [4.69, 9.17) is 9.47 Å². The van der Waals surface area contributed by atoms with Crippen LogP contribution in [0.4, 0.5) is 0 Å². The molecule has 2 aromatic rings. The largest absolute Gasteiger partial charge is 0.507 e. The number of hydrogen-bond acceptors (Lipinski definition) is 6. The van der Waals surface area contributed by atoms with Gasteiger partial charge in [-0.1, -0.05) is 0 Å². The summed E-state index contributed by atoms with van der Waals surface area (Å²) >= 11 is 0. The number of ketones is 3. The van der Waals surface area contributed by atoms with Gasteiger partial charge < -0.3 is 14.6 Å². The second kappa shape index (κ2) is 6.72. The molecule has 0 aliphatic heterocycles. The molecule has 0 spiro atoms. The van der Waals surface area contributed by atoms with Gasteiger partial charge in [-0.15, -0.1) is 0 Å². The van der Waals surface area contributed by atoms with Gasteiger partial charge in [-0.05, 0) is 49.8 Å². The van der Waals surface area contributed by atoms with Crippen LogP contribution in [-0.4, -0.2) is 36.7 Å². The van der Waals surface area contributed by atoms with E-state index in [1.165, 1.54) is 45.4 Å². The maximum atomic E-state index is 13.2. The first-order chi connectivity index (χ1) is 12.8. The van der Waals surface area contributed by atoms with Crippen LogP contribution in [-0.2, 0) is 4.79 Å². The van der Waals surface area contributed by atoms with Crippen molar-refractivity contribution in [3.05, 3.63) is 57.7 Å². The molecule has 0 radical (unpaired) electrons. The second-order valence-electron chi connectivity index (χ2n) is 6.20. The van der Waals surface area contributed by atoms with Gasteiger partial charge in [0.2, 0.25) is 5.78 Å². The summed E-state index contributed by atoms with van der Waals surface area (Å²) in [5.41, 5.74) is 1.03. The number of allylic oxidation sites excluding steroid dienone is 1. The molecule has 0 saturated carbocycles. The minimum atomic E-state index is -0.537. The van der Waals surface area contributed by atoms with Crippen molar-refractivity contribution in [2.24, 2.45) is 0 Å². The Morgan fingerprint density at radius 2 is 1.56 bits per heavy atom. The number of benzene rings is 2. The number of fused-ring (bicyclic) bond motifs is 2. The van der Waals surface area contributed by atoms with Gasteiger partial charge in [0.15, 0.2) is 11.6 Å². The number of phenols is 1. The zero-order chi connectivity index (χ0) is 19.9. The van der Waals surface area contributed by atoms with Crippen molar-refractivity contribution in [1.82, 2.24) is 0 Å². The number of hydrogen-bond donors (Lipinski definition) is 1. The molecule has 3 rings (SSSR count). The molecule has 1 aliphatic rings. The third-order valence-corrected chi connectivity index (χ3v) is 4.53. The molecule has 0 bridgehead atoms. The van der Waals surface area contributed by atoms with Gasteiger partial charge >= 0.3 is 0 Å². The molecule has 1 aliphatic carbocycles. The summed E-state index contributed by atoms with van der Waals surface area (Å²) in [5.74, 6) is -1.04. The summed E-state index contributed by atoms with van der Waals surface area (Å²) in [4.78, 5) is 37.5. The Labute approximate surface area is 156 Å². The summed E-state index contributed by atoms with van der Waals surface area (Å²) in [6.07, 6.45) is 2.73. The van der Waals surface area contributed by atoms with Crippen LogP contribution in [0, 0.1) is 6.92 Å². The lowest BCUT2D eigenvalue weighted by atomic mass is 9.80. The number of rotatable bonds is 4. The van der Waals surface area contributed by atoms with Crippen LogP contribution in [0.2, 0.25) is 0 Å². The number of aromatic hydroxyl groups is 1. The van der Waals surface area contributed by atoms with Crippen molar-refractivity contribution < 1.29 is 29.0 Å². The van der Waals surface area contributed by atoms with Crippen molar-refractivity contribution in [2.45, 2.75) is 13.8 Å². The average molecular weight is 366 g/mol. The van der Waals surface area contributed by atoms with Crippen LogP contribution < -0.4 is 9.47 Å². The maximum Gasteiger partial charge on any atom is 0.202 e. The van der Waals surface area contributed by atoms with Gasteiger partial charge in [-0.3, -0.25) is 14.4 Å². The van der Waals surface area contributed by atoms with Gasteiger partial charge in [-0.2, -0.15) is 0 Å². The molecule has 0 atom stereocenters. The predicted molar refractivity (Wildman–Crippen MR) is 99.0 cm³/mol. The highest BCUT2D eigenvalue weighted by atomic mass is 16.5. The number of carbonyl (C=O) groups is 3. The molecule has 27 heavy (non-hydrogen) atoms. The summed E-state index contributed by atoms with van der Waals surface area (Å²) in [5, 5.41) is 10.7. The Morgan fingerprint density at radius 1 is 1.00 bits per heavy atom. The van der Waals surface area contributed by atoms with Crippen molar-refractivity contribution in [3.8, 4) is 17.2 Å². The molecule has 1 N–H and O–H groups in total. The Morgan fingerprint density at radius 3 is 2.07 bits per heavy atom. The summed E-state index contributed by atoms with van der Waals surface area (Å²) in [7, 11) is 2.80. The summed E-state index contributed by atoms with van der Waals surface area (Å²) in [6.45, 7) is 3.07. The molecule has 0 unspecified atom stereocenters. The topological polar surface area (TPSA) is 89.9 Å². The molecule has 0 amide bonds. The quantitative estimate of drug-likeness (QED) is 0.714. The normalized spacial score (nSPS) is 12.7. The van der Waals surface area contributed by atoms with Crippen molar-refractivity contribution >= 4 is 23.4 Å². The van der Waals surface area contributed by atoms with Crippen LogP contribution in [0.15, 0.2) is 24.3 Å². The zero-order valence-corrected chi connectivity index (χ0v) is 15.4. The number of phenolic OH excluding ortho intramolecular Hbond substituents is 1. The minimum absolute atomic E-state index is 0.0509. The molecule has 0 aromatic heterocycles. The fourth-order valence-electron chi connectivity index (χ4n) is 3.25. The molecule has 0 heterocycles. The smallest absolute Gasteiger partial charge is 0.202 e. The van der Waals surface area contributed by atoms with E-state index in [0.29, 0.717) is 11.1 Å². The molecular weight excluding hydrogens is 348 g/mol. The van der Waals surface area contributed by atoms with E-state index in [1.54, 1.807) is 13.0 Å². The predicted octanol–water partition coefficient (Wildman–Crippen LogP) is 3.10. The molecule has 2 aromatic carbocycles. The van der Waals surface area contributed by atoms with E-state index in [1.807, 2.05) is 0 Å². The second-order valence-corrected chi connectivity index (χ2v) is 6.20. The Kier molecular flexibility index (Phi) is 4.57. The van der Waals surface area contributed by atoms with Gasteiger partial charge in [-0.25, -0.2) is 0 Å². The third-order valence-electron chi connectivity index (χ3n) is 4.53. The van der Waals surface area contributed by atoms with E-state index < -0.39 is 11.6 Å². The van der Waals surface area contributed by atoms with E-state index in [-0.39, 0.29) is 45.3 Å². The van der Waals surface area contributed by atoms with Crippen molar-refractivity contribution in [3.63, 3.8) is 0 Å². The highest BCUT2D eigenvalue weighted by Crippen LogP contribution is 2.42. The van der Waals surface area contributed by atoms with Crippen LogP contribution in [0.3, 0.4) is 0 Å². The first kappa shape index (κ1) is 18.4. The molecule has 0 saturated heterocycles. The van der Waals surface area contributed by atoms with Crippen LogP contribution in [0.5, 0.6) is 17.2 Å². The lowest BCUT2D eigenvalue weighted by molar-refractivity contribution is -0.112. The Bertz CT molecular complexity index is 1030. The van der Waals surface area contributed by atoms with E-state index in [2.05, 4.69) is 0 Å². The number of aryl methyl sites for hydroxylation is 1. The van der Waals surface area contributed by atoms with E-state index >= 15 is 0 Å². The molecule has 6 nitrogen and oxygen atoms in total. The highest BCUT2D eigenvalue weighted by Gasteiger charge is 2.38. The third kappa shape index (κ3) is 2.79. The maximum absolute atomic E-state index is 13.2.